The predicted octanol–water partition coefficient (Wildman–Crippen LogP) is 0.507. The number of hydrogen-bond donors (Lipinski definition) is 3. The third-order valence-corrected chi connectivity index (χ3v) is 4.11. The fraction of sp³-hybridized carbons (Fsp3) is 0.562. The van der Waals surface area contributed by atoms with Gasteiger partial charge in [0, 0.05) is 19.2 Å². The first-order valence-electron chi connectivity index (χ1n) is 8.11. The Morgan fingerprint density at radius 2 is 2.36 bits per heavy atom. The molecule has 1 fully saturated rings. The first-order valence-corrected chi connectivity index (χ1v) is 8.11. The van der Waals surface area contributed by atoms with Crippen LogP contribution in [0.15, 0.2) is 18.2 Å². The first kappa shape index (κ1) is 19.1. The number of morpholine rings is 1. The van der Waals surface area contributed by atoms with Crippen LogP contribution < -0.4 is 15.8 Å². The van der Waals surface area contributed by atoms with Crippen molar-refractivity contribution in [2.75, 3.05) is 26.3 Å². The molecule has 138 valence electrons. The normalized spacial score (nSPS) is 19.8. The summed E-state index contributed by atoms with van der Waals surface area (Å²) in [6.07, 6.45) is -0.924. The lowest BCUT2D eigenvalue weighted by Crippen LogP contribution is -2.47. The van der Waals surface area contributed by atoms with E-state index >= 15 is 0 Å². The molecule has 9 heteroatoms. The van der Waals surface area contributed by atoms with E-state index in [0.29, 0.717) is 25.3 Å². The largest absolute Gasteiger partial charge is 0.494 e. The van der Waals surface area contributed by atoms with Crippen LogP contribution in [0.1, 0.15) is 25.0 Å². The Morgan fingerprint density at radius 1 is 1.60 bits per heavy atom. The number of aliphatic hydroxyl groups is 1. The number of carbonyl (C=O) groups is 1. The summed E-state index contributed by atoms with van der Waals surface area (Å²) in [5.74, 6) is -0.555. The summed E-state index contributed by atoms with van der Waals surface area (Å²) >= 11 is 0. The summed E-state index contributed by atoms with van der Waals surface area (Å²) in [7, 11) is 0. The van der Waals surface area contributed by atoms with E-state index in [2.05, 4.69) is 5.32 Å². The minimum absolute atomic E-state index is 0.168. The monoisotopic (exact) mass is 353 g/mol. The molecule has 0 bridgehead atoms. The Balaban J connectivity index is 1.98. The lowest BCUT2D eigenvalue weighted by molar-refractivity contribution is -0.386. The molecule has 4 N–H and O–H groups in total. The molecular formula is C16H23N3O6. The van der Waals surface area contributed by atoms with Gasteiger partial charge < -0.3 is 25.6 Å². The van der Waals surface area contributed by atoms with E-state index in [1.807, 2.05) is 0 Å². The number of hydrogen-bond acceptors (Lipinski definition) is 7. The molecule has 1 amide bonds. The van der Waals surface area contributed by atoms with Gasteiger partial charge in [-0.15, -0.1) is 0 Å². The number of ether oxygens (including phenoxy) is 2. The van der Waals surface area contributed by atoms with Gasteiger partial charge in [-0.05, 0) is 25.5 Å². The summed E-state index contributed by atoms with van der Waals surface area (Å²) in [4.78, 5) is 22.1. The van der Waals surface area contributed by atoms with Crippen molar-refractivity contribution in [3.8, 4) is 5.75 Å². The van der Waals surface area contributed by atoms with Gasteiger partial charge in [0.05, 0.1) is 41.8 Å². The zero-order chi connectivity index (χ0) is 18.4. The molecule has 9 nitrogen and oxygen atoms in total. The zero-order valence-corrected chi connectivity index (χ0v) is 14.0. The fourth-order valence-corrected chi connectivity index (χ4v) is 2.78. The maximum Gasteiger partial charge on any atom is 0.275 e. The number of carbonyl (C=O) groups excluding carboxylic acids is 1. The van der Waals surface area contributed by atoms with Crippen LogP contribution in [0.5, 0.6) is 5.75 Å². The average Bonchev–Trinajstić information content (AvgIpc) is 2.58. The number of rotatable bonds is 8. The molecule has 25 heavy (non-hydrogen) atoms. The summed E-state index contributed by atoms with van der Waals surface area (Å²) in [5, 5.41) is 23.8. The molecule has 3 unspecified atom stereocenters. The van der Waals surface area contributed by atoms with Gasteiger partial charge in [-0.3, -0.25) is 14.9 Å². The lowest BCUT2D eigenvalue weighted by Gasteiger charge is -2.29. The second-order valence-electron chi connectivity index (χ2n) is 5.91. The zero-order valence-electron chi connectivity index (χ0n) is 14.0. The molecule has 2 rings (SSSR count). The highest BCUT2D eigenvalue weighted by Gasteiger charge is 2.29. The molecular weight excluding hydrogens is 330 g/mol. The molecule has 1 aliphatic heterocycles. The minimum atomic E-state index is -0.996. The fourth-order valence-electron chi connectivity index (χ4n) is 2.78. The Bertz CT molecular complexity index is 616. The number of nitrogens with two attached hydrogens (primary N) is 1. The highest BCUT2D eigenvalue weighted by atomic mass is 16.6. The summed E-state index contributed by atoms with van der Waals surface area (Å²) in [5.41, 5.74) is 5.46. The number of primary amides is 1. The van der Waals surface area contributed by atoms with E-state index in [0.717, 1.165) is 6.54 Å². The van der Waals surface area contributed by atoms with Gasteiger partial charge in [-0.25, -0.2) is 0 Å². The molecule has 1 aromatic rings. The Hall–Kier alpha value is -2.23. The molecule has 3 atom stereocenters. The average molecular weight is 353 g/mol. The molecule has 0 saturated carbocycles. The maximum atomic E-state index is 11.7. The van der Waals surface area contributed by atoms with Gasteiger partial charge in [0.25, 0.3) is 5.69 Å². The molecule has 0 aromatic heterocycles. The van der Waals surface area contributed by atoms with Gasteiger partial charge in [-0.1, -0.05) is 0 Å². The molecule has 1 saturated heterocycles. The summed E-state index contributed by atoms with van der Waals surface area (Å²) in [6, 6.07) is 4.18. The van der Waals surface area contributed by atoms with Crippen molar-refractivity contribution in [2.45, 2.75) is 25.6 Å². The summed E-state index contributed by atoms with van der Waals surface area (Å²) < 4.78 is 11.2. The van der Waals surface area contributed by atoms with Gasteiger partial charge in [0.1, 0.15) is 5.75 Å². The second kappa shape index (κ2) is 8.75. The SMILES string of the molecule is CC(O)c1cc(OCCC(C(N)=O)C2CNCCO2)ccc1[N+](=O)[O-]. The van der Waals surface area contributed by atoms with E-state index in [-0.39, 0.29) is 24.0 Å². The summed E-state index contributed by atoms with van der Waals surface area (Å²) in [6.45, 7) is 3.46. The Kier molecular flexibility index (Phi) is 6.68. The molecule has 1 aliphatic rings. The molecule has 0 aliphatic carbocycles. The van der Waals surface area contributed by atoms with Crippen molar-refractivity contribution in [3.05, 3.63) is 33.9 Å². The van der Waals surface area contributed by atoms with Crippen LogP contribution in [-0.2, 0) is 9.53 Å². The molecule has 1 heterocycles. The molecule has 0 spiro atoms. The Labute approximate surface area is 145 Å². The van der Waals surface area contributed by atoms with E-state index in [1.165, 1.54) is 25.1 Å². The quantitative estimate of drug-likeness (QED) is 0.457. The number of aliphatic hydroxyl groups excluding tert-OH is 1. The van der Waals surface area contributed by atoms with Crippen LogP contribution >= 0.6 is 0 Å². The molecule has 0 radical (unpaired) electrons. The van der Waals surface area contributed by atoms with Crippen LogP contribution in [0.4, 0.5) is 5.69 Å². The first-order chi connectivity index (χ1) is 11.9. The van der Waals surface area contributed by atoms with E-state index in [4.69, 9.17) is 15.2 Å². The highest BCUT2D eigenvalue weighted by molar-refractivity contribution is 5.77. The van der Waals surface area contributed by atoms with Crippen molar-refractivity contribution in [1.82, 2.24) is 5.32 Å². The van der Waals surface area contributed by atoms with Crippen LogP contribution in [0.25, 0.3) is 0 Å². The van der Waals surface area contributed by atoms with Crippen LogP contribution in [-0.4, -0.2) is 48.3 Å². The van der Waals surface area contributed by atoms with Crippen molar-refractivity contribution in [3.63, 3.8) is 0 Å². The van der Waals surface area contributed by atoms with Gasteiger partial charge >= 0.3 is 0 Å². The number of benzene rings is 1. The van der Waals surface area contributed by atoms with Crippen LogP contribution in [0, 0.1) is 16.0 Å². The number of nitro groups is 1. The number of amides is 1. The third kappa shape index (κ3) is 5.12. The van der Waals surface area contributed by atoms with Crippen LogP contribution in [0.2, 0.25) is 0 Å². The highest BCUT2D eigenvalue weighted by Crippen LogP contribution is 2.29. The van der Waals surface area contributed by atoms with Crippen molar-refractivity contribution < 1.29 is 24.3 Å². The number of nitrogens with one attached hydrogen (secondary N) is 1. The lowest BCUT2D eigenvalue weighted by atomic mass is 9.97. The van der Waals surface area contributed by atoms with Crippen LogP contribution in [0.3, 0.4) is 0 Å². The van der Waals surface area contributed by atoms with Crippen molar-refractivity contribution >= 4 is 11.6 Å². The van der Waals surface area contributed by atoms with Crippen molar-refractivity contribution in [1.29, 1.82) is 0 Å². The maximum absolute atomic E-state index is 11.7. The number of nitro benzene ring substituents is 1. The van der Waals surface area contributed by atoms with E-state index in [9.17, 15) is 20.0 Å². The minimum Gasteiger partial charge on any atom is -0.494 e. The van der Waals surface area contributed by atoms with E-state index < -0.39 is 22.9 Å². The topological polar surface area (TPSA) is 137 Å². The predicted molar refractivity (Wildman–Crippen MR) is 89.1 cm³/mol. The smallest absolute Gasteiger partial charge is 0.275 e. The third-order valence-electron chi connectivity index (χ3n) is 4.11. The number of nitrogens with zero attached hydrogens (tertiary/aromatic N) is 1. The van der Waals surface area contributed by atoms with Crippen molar-refractivity contribution in [2.24, 2.45) is 11.7 Å². The van der Waals surface area contributed by atoms with E-state index in [1.54, 1.807) is 0 Å². The standard InChI is InChI=1S/C16H23N3O6/c1-10(20)13-8-11(2-3-14(13)19(22)23)24-6-4-12(16(17)21)15-9-18-5-7-25-15/h2-3,8,10,12,15,18,20H,4-7,9H2,1H3,(H2,17,21). The van der Waals surface area contributed by atoms with Gasteiger partial charge in [-0.2, -0.15) is 0 Å². The van der Waals surface area contributed by atoms with Gasteiger partial charge in [0.15, 0.2) is 0 Å². The second-order valence-corrected chi connectivity index (χ2v) is 5.91. The van der Waals surface area contributed by atoms with Gasteiger partial charge in [0.2, 0.25) is 5.91 Å². The molecule has 1 aromatic carbocycles. The Morgan fingerprint density at radius 3 is 2.92 bits per heavy atom.